The topological polar surface area (TPSA) is 51.4 Å². The van der Waals surface area contributed by atoms with Gasteiger partial charge in [-0.25, -0.2) is 4.98 Å². The fourth-order valence-electron chi connectivity index (χ4n) is 2.10. The highest BCUT2D eigenvalue weighted by Crippen LogP contribution is 2.32. The van der Waals surface area contributed by atoms with Gasteiger partial charge in [0.2, 0.25) is 0 Å². The lowest BCUT2D eigenvalue weighted by Crippen LogP contribution is -2.32. The summed E-state index contributed by atoms with van der Waals surface area (Å²) in [7, 11) is 1.71. The minimum atomic E-state index is 0.415. The molecule has 1 aliphatic rings. The molecule has 1 aliphatic carbocycles. The maximum atomic E-state index is 5.84. The Bertz CT molecular complexity index is 446. The van der Waals surface area contributed by atoms with E-state index in [9.17, 15) is 0 Å². The van der Waals surface area contributed by atoms with Crippen molar-refractivity contribution in [1.82, 2.24) is 4.98 Å². The molecular formula is C13H19N3OS. The summed E-state index contributed by atoms with van der Waals surface area (Å²) < 4.78 is 5.17. The number of methoxy groups -OCH3 is 1. The fraction of sp³-hybridized carbons (Fsp3) is 0.538. The van der Waals surface area contributed by atoms with E-state index in [-0.39, 0.29) is 0 Å². The first-order valence-electron chi connectivity index (χ1n) is 6.16. The summed E-state index contributed by atoms with van der Waals surface area (Å²) in [4.78, 5) is 7.16. The van der Waals surface area contributed by atoms with Crippen molar-refractivity contribution in [2.45, 2.75) is 25.8 Å². The Morgan fingerprint density at radius 3 is 2.89 bits per heavy atom. The van der Waals surface area contributed by atoms with E-state index in [1.54, 1.807) is 7.11 Å². The van der Waals surface area contributed by atoms with E-state index >= 15 is 0 Å². The summed E-state index contributed by atoms with van der Waals surface area (Å²) in [5.74, 6) is 0.905. The van der Waals surface area contributed by atoms with Gasteiger partial charge in [-0.15, -0.1) is 0 Å². The van der Waals surface area contributed by atoms with Gasteiger partial charge in [0.1, 0.15) is 10.8 Å². The Kier molecular flexibility index (Phi) is 4.14. The van der Waals surface area contributed by atoms with Crippen LogP contribution in [0.25, 0.3) is 0 Å². The molecule has 2 rings (SSSR count). The largest absolute Gasteiger partial charge is 0.389 e. The first-order chi connectivity index (χ1) is 8.65. The number of hydrogen-bond donors (Lipinski definition) is 1. The van der Waals surface area contributed by atoms with Crippen molar-refractivity contribution in [3.63, 3.8) is 0 Å². The van der Waals surface area contributed by atoms with Crippen molar-refractivity contribution in [1.29, 1.82) is 0 Å². The second kappa shape index (κ2) is 5.63. The van der Waals surface area contributed by atoms with Gasteiger partial charge in [0, 0.05) is 25.9 Å². The van der Waals surface area contributed by atoms with E-state index in [0.717, 1.165) is 23.5 Å². The van der Waals surface area contributed by atoms with E-state index in [4.69, 9.17) is 22.7 Å². The van der Waals surface area contributed by atoms with Crippen molar-refractivity contribution < 1.29 is 4.74 Å². The van der Waals surface area contributed by atoms with E-state index in [2.05, 4.69) is 9.88 Å². The summed E-state index contributed by atoms with van der Waals surface area (Å²) in [6, 6.07) is 2.50. The minimum absolute atomic E-state index is 0.415. The number of ether oxygens (including phenoxy) is 1. The molecule has 0 saturated heterocycles. The van der Waals surface area contributed by atoms with Crippen LogP contribution in [0.4, 0.5) is 5.82 Å². The first kappa shape index (κ1) is 13.2. The molecule has 0 unspecified atom stereocenters. The molecule has 4 nitrogen and oxygen atoms in total. The Balaban J connectivity index is 2.34. The number of rotatable bonds is 6. The lowest BCUT2D eigenvalue weighted by molar-refractivity contribution is 0.204. The van der Waals surface area contributed by atoms with Gasteiger partial charge >= 0.3 is 0 Å². The molecule has 1 aromatic heterocycles. The smallest absolute Gasteiger partial charge is 0.139 e. The Labute approximate surface area is 113 Å². The number of pyridine rings is 1. The second-order valence-corrected chi connectivity index (χ2v) is 5.05. The number of hydrogen-bond acceptors (Lipinski definition) is 4. The Morgan fingerprint density at radius 1 is 1.61 bits per heavy atom. The summed E-state index contributed by atoms with van der Waals surface area (Å²) >= 11 is 5.16. The quantitative estimate of drug-likeness (QED) is 0.792. The van der Waals surface area contributed by atoms with Crippen LogP contribution in [0, 0.1) is 6.92 Å². The van der Waals surface area contributed by atoms with Crippen molar-refractivity contribution >= 4 is 23.0 Å². The van der Waals surface area contributed by atoms with E-state index in [1.807, 2.05) is 19.2 Å². The van der Waals surface area contributed by atoms with Gasteiger partial charge in [0.05, 0.1) is 12.2 Å². The average molecular weight is 265 g/mol. The van der Waals surface area contributed by atoms with Crippen LogP contribution in [-0.2, 0) is 4.74 Å². The van der Waals surface area contributed by atoms with Crippen LogP contribution in [0.15, 0.2) is 12.3 Å². The number of nitrogens with zero attached hydrogens (tertiary/aromatic N) is 2. The molecule has 2 N–H and O–H groups in total. The number of aromatic nitrogens is 1. The molecular weight excluding hydrogens is 246 g/mol. The molecule has 1 fully saturated rings. The third-order valence-electron chi connectivity index (χ3n) is 3.18. The van der Waals surface area contributed by atoms with Crippen molar-refractivity contribution in [2.24, 2.45) is 5.73 Å². The molecule has 0 atom stereocenters. The van der Waals surface area contributed by atoms with Crippen LogP contribution in [-0.4, -0.2) is 36.3 Å². The van der Waals surface area contributed by atoms with Crippen LogP contribution in [0.2, 0.25) is 0 Å². The highest BCUT2D eigenvalue weighted by atomic mass is 32.1. The predicted molar refractivity (Wildman–Crippen MR) is 77.1 cm³/mol. The van der Waals surface area contributed by atoms with Gasteiger partial charge in [-0.1, -0.05) is 12.2 Å². The normalized spacial score (nSPS) is 14.6. The SMILES string of the molecule is COCCN(c1nccc(C)c1C(N)=S)C1CC1. The monoisotopic (exact) mass is 265 g/mol. The van der Waals surface area contributed by atoms with Gasteiger partial charge in [-0.3, -0.25) is 0 Å². The Hall–Kier alpha value is -1.20. The molecule has 1 aromatic rings. The summed E-state index contributed by atoms with van der Waals surface area (Å²) in [6.45, 7) is 3.53. The van der Waals surface area contributed by atoms with E-state index in [1.165, 1.54) is 12.8 Å². The molecule has 5 heteroatoms. The highest BCUT2D eigenvalue weighted by Gasteiger charge is 2.31. The predicted octanol–water partition coefficient (Wildman–Crippen LogP) is 1.64. The van der Waals surface area contributed by atoms with Crippen LogP contribution in [0.3, 0.4) is 0 Å². The lowest BCUT2D eigenvalue weighted by atomic mass is 10.1. The van der Waals surface area contributed by atoms with E-state index in [0.29, 0.717) is 17.6 Å². The van der Waals surface area contributed by atoms with Crippen LogP contribution in [0.1, 0.15) is 24.0 Å². The zero-order chi connectivity index (χ0) is 13.1. The van der Waals surface area contributed by atoms with Crippen LogP contribution in [0.5, 0.6) is 0 Å². The summed E-state index contributed by atoms with van der Waals surface area (Å²) in [5.41, 5.74) is 7.81. The molecule has 18 heavy (non-hydrogen) atoms. The second-order valence-electron chi connectivity index (χ2n) is 4.61. The molecule has 0 amide bonds. The highest BCUT2D eigenvalue weighted by molar-refractivity contribution is 7.80. The summed E-state index contributed by atoms with van der Waals surface area (Å²) in [6.07, 6.45) is 4.22. The first-order valence-corrected chi connectivity index (χ1v) is 6.57. The summed E-state index contributed by atoms with van der Waals surface area (Å²) in [5, 5.41) is 0. The van der Waals surface area contributed by atoms with Gasteiger partial charge in [0.25, 0.3) is 0 Å². The number of thiocarbonyl (C=S) groups is 1. The van der Waals surface area contributed by atoms with Gasteiger partial charge in [0.15, 0.2) is 0 Å². The third-order valence-corrected chi connectivity index (χ3v) is 3.39. The van der Waals surface area contributed by atoms with Crippen molar-refractivity contribution in [2.75, 3.05) is 25.2 Å². The van der Waals surface area contributed by atoms with Gasteiger partial charge < -0.3 is 15.4 Å². The number of nitrogens with two attached hydrogens (primary N) is 1. The maximum Gasteiger partial charge on any atom is 0.139 e. The zero-order valence-electron chi connectivity index (χ0n) is 10.8. The molecule has 1 saturated carbocycles. The minimum Gasteiger partial charge on any atom is -0.389 e. The number of anilines is 1. The molecule has 0 bridgehead atoms. The Morgan fingerprint density at radius 2 is 2.33 bits per heavy atom. The fourth-order valence-corrected chi connectivity index (χ4v) is 2.36. The van der Waals surface area contributed by atoms with Crippen LogP contribution >= 0.6 is 12.2 Å². The number of aryl methyl sites for hydroxylation is 1. The average Bonchev–Trinajstić information content (AvgIpc) is 3.13. The molecule has 0 spiro atoms. The van der Waals surface area contributed by atoms with Gasteiger partial charge in [-0.05, 0) is 31.4 Å². The molecule has 0 aromatic carbocycles. The van der Waals surface area contributed by atoms with Crippen molar-refractivity contribution in [3.05, 3.63) is 23.4 Å². The van der Waals surface area contributed by atoms with Crippen molar-refractivity contribution in [3.8, 4) is 0 Å². The van der Waals surface area contributed by atoms with Crippen LogP contribution < -0.4 is 10.6 Å². The molecule has 98 valence electrons. The zero-order valence-corrected chi connectivity index (χ0v) is 11.7. The van der Waals surface area contributed by atoms with Gasteiger partial charge in [-0.2, -0.15) is 0 Å². The molecule has 0 aliphatic heterocycles. The van der Waals surface area contributed by atoms with E-state index < -0.39 is 0 Å². The molecule has 0 radical (unpaired) electrons. The lowest BCUT2D eigenvalue weighted by Gasteiger charge is -2.26. The third kappa shape index (κ3) is 2.79. The molecule has 1 heterocycles. The maximum absolute atomic E-state index is 5.84. The standard InChI is InChI=1S/C13H19N3OS/c1-9-5-6-15-13(11(9)12(14)18)16(7-8-17-2)10-3-4-10/h5-6,10H,3-4,7-8H2,1-2H3,(H2,14,18).